The molecule has 0 saturated heterocycles. The van der Waals surface area contributed by atoms with Gasteiger partial charge in [-0.15, -0.1) is 0 Å². The maximum Gasteiger partial charge on any atom is 0.290 e. The summed E-state index contributed by atoms with van der Waals surface area (Å²) in [6.07, 6.45) is 3.46. The summed E-state index contributed by atoms with van der Waals surface area (Å²) in [4.78, 5) is 16.7. The van der Waals surface area contributed by atoms with Gasteiger partial charge in [0.1, 0.15) is 19.0 Å². The Bertz CT molecular complexity index is 767. The fourth-order valence-corrected chi connectivity index (χ4v) is 2.63. The highest BCUT2D eigenvalue weighted by Gasteiger charge is 2.23. The third-order valence-corrected chi connectivity index (χ3v) is 3.90. The molecule has 7 heteroatoms. The van der Waals surface area contributed by atoms with Crippen LogP contribution in [0.4, 0.5) is 0 Å². The average molecular weight is 328 g/mol. The summed E-state index contributed by atoms with van der Waals surface area (Å²) < 4.78 is 12.5. The zero-order valence-corrected chi connectivity index (χ0v) is 13.9. The maximum atomic E-state index is 12.4. The molecule has 1 N–H and O–H groups in total. The smallest absolute Gasteiger partial charge is 0.290 e. The van der Waals surface area contributed by atoms with Crippen LogP contribution in [0.1, 0.15) is 31.1 Å². The first-order valence-corrected chi connectivity index (χ1v) is 7.81. The number of ether oxygens (including phenoxy) is 2. The Kier molecular flexibility index (Phi) is 4.50. The van der Waals surface area contributed by atoms with Crippen molar-refractivity contribution in [1.29, 1.82) is 0 Å². The molecule has 1 amide bonds. The van der Waals surface area contributed by atoms with Crippen LogP contribution in [0.15, 0.2) is 42.1 Å². The summed E-state index contributed by atoms with van der Waals surface area (Å²) >= 11 is 0. The normalized spacial score (nSPS) is 15.5. The van der Waals surface area contributed by atoms with Crippen molar-refractivity contribution in [2.45, 2.75) is 26.8 Å². The van der Waals surface area contributed by atoms with E-state index < -0.39 is 0 Å². The number of carbonyl (C=O) groups excluding carboxylic acids is 1. The van der Waals surface area contributed by atoms with Crippen LogP contribution in [0.3, 0.4) is 0 Å². The van der Waals surface area contributed by atoms with E-state index in [1.165, 1.54) is 0 Å². The van der Waals surface area contributed by atoms with Gasteiger partial charge in [0.25, 0.3) is 5.91 Å². The Hall–Kier alpha value is -2.83. The van der Waals surface area contributed by atoms with Crippen molar-refractivity contribution in [3.8, 4) is 5.82 Å². The Morgan fingerprint density at radius 1 is 1.29 bits per heavy atom. The number of hydrogen-bond donors (Lipinski definition) is 1. The van der Waals surface area contributed by atoms with E-state index in [2.05, 4.69) is 15.4 Å². The van der Waals surface area contributed by atoms with Crippen LogP contribution < -0.4 is 5.32 Å². The summed E-state index contributed by atoms with van der Waals surface area (Å²) in [5.74, 6) is 1.20. The van der Waals surface area contributed by atoms with Crippen LogP contribution in [0.25, 0.3) is 5.82 Å². The number of pyridine rings is 1. The van der Waals surface area contributed by atoms with E-state index in [9.17, 15) is 4.79 Å². The first-order valence-electron chi connectivity index (χ1n) is 7.81. The van der Waals surface area contributed by atoms with Gasteiger partial charge in [0.2, 0.25) is 5.76 Å². The third-order valence-electron chi connectivity index (χ3n) is 3.90. The van der Waals surface area contributed by atoms with Crippen LogP contribution in [0.2, 0.25) is 0 Å². The Morgan fingerprint density at radius 3 is 2.79 bits per heavy atom. The van der Waals surface area contributed by atoms with Gasteiger partial charge in [-0.25, -0.2) is 9.67 Å². The lowest BCUT2D eigenvalue weighted by Crippen LogP contribution is -2.32. The molecule has 0 saturated carbocycles. The van der Waals surface area contributed by atoms with E-state index in [0.29, 0.717) is 19.0 Å². The molecule has 0 aliphatic carbocycles. The zero-order chi connectivity index (χ0) is 17.1. The van der Waals surface area contributed by atoms with Crippen LogP contribution in [0, 0.1) is 6.92 Å². The fourth-order valence-electron chi connectivity index (χ4n) is 2.63. The van der Waals surface area contributed by atoms with Crippen molar-refractivity contribution >= 4 is 5.91 Å². The van der Waals surface area contributed by atoms with Crippen molar-refractivity contribution < 1.29 is 14.3 Å². The molecule has 1 aliphatic heterocycles. The number of nitrogens with one attached hydrogen (secondary N) is 1. The molecule has 24 heavy (non-hydrogen) atoms. The van der Waals surface area contributed by atoms with E-state index >= 15 is 0 Å². The molecular weight excluding hydrogens is 308 g/mol. The van der Waals surface area contributed by atoms with Gasteiger partial charge in [-0.2, -0.15) is 5.10 Å². The van der Waals surface area contributed by atoms with Gasteiger partial charge in [0, 0.05) is 17.5 Å². The topological polar surface area (TPSA) is 78.3 Å². The number of amides is 1. The van der Waals surface area contributed by atoms with Crippen LogP contribution in [-0.4, -0.2) is 33.9 Å². The van der Waals surface area contributed by atoms with Crippen molar-refractivity contribution in [1.82, 2.24) is 20.1 Å². The first-order chi connectivity index (χ1) is 11.6. The van der Waals surface area contributed by atoms with Gasteiger partial charge < -0.3 is 14.8 Å². The van der Waals surface area contributed by atoms with Crippen molar-refractivity contribution in [3.05, 3.63) is 53.4 Å². The van der Waals surface area contributed by atoms with Crippen molar-refractivity contribution in [2.24, 2.45) is 0 Å². The summed E-state index contributed by atoms with van der Waals surface area (Å²) in [6.45, 7) is 6.43. The van der Waals surface area contributed by atoms with Crippen LogP contribution in [0.5, 0.6) is 0 Å². The number of aromatic nitrogens is 3. The molecular formula is C17H20N4O3. The molecule has 3 heterocycles. The number of nitrogens with zero attached hydrogens (tertiary/aromatic N) is 3. The lowest BCUT2D eigenvalue weighted by molar-refractivity contribution is -0.123. The monoisotopic (exact) mass is 328 g/mol. The highest BCUT2D eigenvalue weighted by atomic mass is 16.6. The lowest BCUT2D eigenvalue weighted by Gasteiger charge is -2.21. The standard InChI is InChI=1S/C17H20N4O3/c1-11(20-17(22)16-13(3)23-8-9-24-16)14-10-19-21(12(14)2)15-6-4-5-7-18-15/h4-7,10-11H,8-9H2,1-3H3,(H,20,22)/t11-/m1/s1. The predicted molar refractivity (Wildman–Crippen MR) is 87.3 cm³/mol. The zero-order valence-electron chi connectivity index (χ0n) is 13.9. The molecule has 3 rings (SSSR count). The van der Waals surface area contributed by atoms with E-state index in [-0.39, 0.29) is 17.7 Å². The van der Waals surface area contributed by atoms with Gasteiger partial charge in [0.05, 0.1) is 12.2 Å². The molecule has 0 fully saturated rings. The van der Waals surface area contributed by atoms with E-state index in [0.717, 1.165) is 17.1 Å². The van der Waals surface area contributed by atoms with Crippen LogP contribution in [-0.2, 0) is 14.3 Å². The first kappa shape index (κ1) is 16.0. The van der Waals surface area contributed by atoms with E-state index in [4.69, 9.17) is 9.47 Å². The second kappa shape index (κ2) is 6.74. The molecule has 126 valence electrons. The highest BCUT2D eigenvalue weighted by Crippen LogP contribution is 2.21. The molecule has 0 spiro atoms. The molecule has 0 aromatic carbocycles. The minimum atomic E-state index is -0.287. The molecule has 1 aliphatic rings. The molecule has 0 bridgehead atoms. The molecule has 2 aromatic heterocycles. The van der Waals surface area contributed by atoms with Crippen molar-refractivity contribution in [3.63, 3.8) is 0 Å². The number of carbonyl (C=O) groups is 1. The van der Waals surface area contributed by atoms with Gasteiger partial charge in [-0.1, -0.05) is 6.07 Å². The van der Waals surface area contributed by atoms with Crippen LogP contribution >= 0.6 is 0 Å². The minimum Gasteiger partial charge on any atom is -0.491 e. The van der Waals surface area contributed by atoms with Gasteiger partial charge in [-0.05, 0) is 32.9 Å². The number of allylic oxidation sites excluding steroid dienone is 1. The SMILES string of the molecule is CC1=C(C(=O)N[C@H](C)c2cnn(-c3ccccn3)c2C)OCCO1. The molecule has 2 aromatic rings. The molecule has 0 radical (unpaired) electrons. The molecule has 0 unspecified atom stereocenters. The average Bonchev–Trinajstić information content (AvgIpc) is 2.97. The summed E-state index contributed by atoms with van der Waals surface area (Å²) in [7, 11) is 0. The second-order valence-electron chi connectivity index (χ2n) is 5.56. The summed E-state index contributed by atoms with van der Waals surface area (Å²) in [6, 6.07) is 5.42. The Labute approximate surface area is 140 Å². The second-order valence-corrected chi connectivity index (χ2v) is 5.56. The van der Waals surface area contributed by atoms with E-state index in [1.807, 2.05) is 32.0 Å². The number of rotatable bonds is 4. The van der Waals surface area contributed by atoms with Gasteiger partial charge in [0.15, 0.2) is 5.82 Å². The summed E-state index contributed by atoms with van der Waals surface area (Å²) in [5.41, 5.74) is 1.84. The summed E-state index contributed by atoms with van der Waals surface area (Å²) in [5, 5.41) is 7.30. The highest BCUT2D eigenvalue weighted by molar-refractivity contribution is 5.92. The maximum absolute atomic E-state index is 12.4. The predicted octanol–water partition coefficient (Wildman–Crippen LogP) is 2.03. The fraction of sp³-hybridized carbons (Fsp3) is 0.353. The Morgan fingerprint density at radius 2 is 2.08 bits per heavy atom. The van der Waals surface area contributed by atoms with Crippen molar-refractivity contribution in [2.75, 3.05) is 13.2 Å². The minimum absolute atomic E-state index is 0.221. The van der Waals surface area contributed by atoms with E-state index in [1.54, 1.807) is 24.0 Å². The Balaban J connectivity index is 1.78. The lowest BCUT2D eigenvalue weighted by atomic mass is 10.1. The third kappa shape index (κ3) is 3.10. The quantitative estimate of drug-likeness (QED) is 0.929. The largest absolute Gasteiger partial charge is 0.491 e. The van der Waals surface area contributed by atoms with Gasteiger partial charge >= 0.3 is 0 Å². The number of hydrogen-bond acceptors (Lipinski definition) is 5. The molecule has 1 atom stereocenters. The van der Waals surface area contributed by atoms with Gasteiger partial charge in [-0.3, -0.25) is 4.79 Å². The molecule has 7 nitrogen and oxygen atoms in total.